The number of hydrogen-bond acceptors (Lipinski definition) is 11. The summed E-state index contributed by atoms with van der Waals surface area (Å²) < 4.78 is 56.0. The summed E-state index contributed by atoms with van der Waals surface area (Å²) >= 11 is 0. The number of oxazole rings is 2. The van der Waals surface area contributed by atoms with Gasteiger partial charge < -0.3 is 53.9 Å². The maximum atomic E-state index is 6.52. The lowest BCUT2D eigenvalue weighted by molar-refractivity contribution is 0.640. The molecule has 700 valence electrons. The molecule has 3 aliphatic carbocycles. The minimum Gasteiger partial charge on any atom is -0.454 e. The second-order valence-electron chi connectivity index (χ2n) is 38.7. The van der Waals surface area contributed by atoms with Crippen LogP contribution in [-0.2, 0) is 0 Å². The zero-order chi connectivity index (χ0) is 97.8. The second-order valence-corrected chi connectivity index (χ2v) is 38.7. The average Bonchev–Trinajstić information content (AvgIpc) is 1.57. The van der Waals surface area contributed by atoms with E-state index in [2.05, 4.69) is 423 Å². The number of nitrogens with zero attached hydrogens (tertiary/aromatic N) is 13. The molecule has 0 radical (unpaired) electrons. The van der Waals surface area contributed by atoms with E-state index in [4.69, 9.17) is 36.5 Å². The molecule has 0 fully saturated rings. The molecule has 0 bridgehead atoms. The van der Waals surface area contributed by atoms with Gasteiger partial charge in [-0.3, -0.25) is 8.80 Å². The summed E-state index contributed by atoms with van der Waals surface area (Å²) in [5.41, 5.74) is 47.5. The van der Waals surface area contributed by atoms with Crippen molar-refractivity contribution in [1.29, 1.82) is 0 Å². The first-order valence-electron chi connectivity index (χ1n) is 50.1. The van der Waals surface area contributed by atoms with Crippen molar-refractivity contribution in [3.8, 4) is 168 Å². The highest BCUT2D eigenvalue weighted by Crippen LogP contribution is 2.56. The van der Waals surface area contributed by atoms with Crippen molar-refractivity contribution < 1.29 is 26.5 Å². The van der Waals surface area contributed by atoms with E-state index in [9.17, 15) is 0 Å². The molecule has 0 spiro atoms. The van der Waals surface area contributed by atoms with Crippen LogP contribution in [0.3, 0.4) is 0 Å². The molecular weight excluding hydrogens is 1850 g/mol. The third-order valence-electron chi connectivity index (χ3n) is 30.7. The third-order valence-corrected chi connectivity index (χ3v) is 30.7. The molecule has 0 unspecified atom stereocenters. The van der Waals surface area contributed by atoms with Gasteiger partial charge >= 0.3 is 11.7 Å². The van der Waals surface area contributed by atoms with Gasteiger partial charge in [0.15, 0.2) is 33.5 Å². The first-order chi connectivity index (χ1) is 74.4. The monoisotopic (exact) mass is 1930 g/mol. The highest BCUT2D eigenvalue weighted by Gasteiger charge is 2.34. The SMILES string of the molecule is c1ccc2c(c1)-c1cn(-c3cccc4c3oc3ccccc34)cc1-c1ccccc1-c1cn(-c3cccc4c3oc3ncccc34)cc1-2.c1ccc2c(c1)-c1cn(-c3cccc4c3oc3nc5ccccc5n34)cc1-c1ccccc1-c1cn(-c3cccc4c3oc3nc5ccccc5n34)cc1-2.c1ccc2c(c1)-c1cn(-c3cccc4c3oc3ncccc34)cc1-c1ccccc1-c1cn(-c3cccc4c3oc3ncccc34)cc1-2. The van der Waals surface area contributed by atoms with Crippen molar-refractivity contribution >= 4 is 144 Å². The fraction of sp³-hybridized carbons (Fsp3) is 0. The molecule has 0 aliphatic heterocycles. The Morgan fingerprint density at radius 1 is 0.153 bits per heavy atom. The Labute approximate surface area is 850 Å². The van der Waals surface area contributed by atoms with Crippen LogP contribution in [-0.4, -0.2) is 61.1 Å². The number of pyridine rings is 3. The molecule has 17 heterocycles. The predicted octanol–water partition coefficient (Wildman–Crippen LogP) is 33.6. The Morgan fingerprint density at radius 3 is 0.653 bits per heavy atom. The zero-order valence-corrected chi connectivity index (χ0v) is 79.6. The summed E-state index contributed by atoms with van der Waals surface area (Å²) in [5.74, 6) is 1.17. The summed E-state index contributed by atoms with van der Waals surface area (Å²) in [6.45, 7) is 0. The van der Waals surface area contributed by atoms with Crippen molar-refractivity contribution in [3.63, 3.8) is 0 Å². The minimum atomic E-state index is 0.587. The van der Waals surface area contributed by atoms with E-state index in [1.165, 1.54) is 66.8 Å². The number of rotatable bonds is 6. The standard InChI is InChI=1S/C46H26N6O2.C43H25N3O2.C42H24N4O2/c1-2-12-28-27(11-1)31-23-49(39-19-9-21-41-43(39)53-45-47-35-15-5-7-17-37(35)51(41)45)25-33(31)29-13-3-4-14-30(29)34-26-50(24-32(28)34)40-20-10-22-42-44(40)54-46-48-36-16-6-8-18-38(36)52(42)46;1-3-12-28-26(10-1)34-22-45(38-18-7-15-31-30-14-5-6-20-40(30)47-41(31)38)23-35(34)27-11-2-4-13-29(27)37-25-46(24-36(28)37)39-19-8-16-32-33-17-9-21-44-43(33)48-42(32)39;1-2-10-26-25(9-1)33-21-45(37-17-5-13-29-31-15-7-19-43-41(31)47-39(29)37)23-35(33)27-11-3-4-12-28(27)36-24-46(22-34(26)36)38-18-6-14-30-32-16-8-20-44-42(32)48-40(30)38/h1-26H;1-25H;1-24H. The smallest absolute Gasteiger partial charge is 0.307 e. The maximum Gasteiger partial charge on any atom is 0.307 e. The molecule has 19 heteroatoms. The lowest BCUT2D eigenvalue weighted by Crippen LogP contribution is -1.92. The van der Waals surface area contributed by atoms with Crippen LogP contribution in [0.4, 0.5) is 0 Å². The third kappa shape index (κ3) is 12.0. The van der Waals surface area contributed by atoms with E-state index in [0.717, 1.165) is 216 Å². The van der Waals surface area contributed by atoms with Gasteiger partial charge in [-0.2, -0.15) is 9.97 Å². The van der Waals surface area contributed by atoms with Gasteiger partial charge in [-0.15, -0.1) is 0 Å². The molecule has 150 heavy (non-hydrogen) atoms. The molecule has 0 N–H and O–H groups in total. The molecular formula is C131H75N13O6. The van der Waals surface area contributed by atoms with E-state index in [-0.39, 0.29) is 0 Å². The van der Waals surface area contributed by atoms with Crippen LogP contribution in [0.1, 0.15) is 0 Å². The summed E-state index contributed by atoms with van der Waals surface area (Å²) in [5, 5.41) is 8.46. The summed E-state index contributed by atoms with van der Waals surface area (Å²) in [4.78, 5) is 23.1. The Bertz CT molecular complexity index is 10100. The van der Waals surface area contributed by atoms with Crippen molar-refractivity contribution in [2.24, 2.45) is 0 Å². The van der Waals surface area contributed by atoms with Crippen molar-refractivity contribution in [2.75, 3.05) is 0 Å². The van der Waals surface area contributed by atoms with Crippen LogP contribution in [0.15, 0.2) is 483 Å². The summed E-state index contributed by atoms with van der Waals surface area (Å²) in [6.07, 6.45) is 32.3. The Hall–Kier alpha value is -20.8. The second kappa shape index (κ2) is 31.3. The number of imidazole rings is 2. The number of hydrogen-bond donors (Lipinski definition) is 0. The van der Waals surface area contributed by atoms with Gasteiger partial charge in [-0.25, -0.2) is 15.0 Å². The lowest BCUT2D eigenvalue weighted by atomic mass is 9.84. The zero-order valence-electron chi connectivity index (χ0n) is 79.6. The summed E-state index contributed by atoms with van der Waals surface area (Å²) in [6, 6.07) is 127. The van der Waals surface area contributed by atoms with Crippen LogP contribution in [0.25, 0.3) is 312 Å². The molecule has 19 nitrogen and oxygen atoms in total. The van der Waals surface area contributed by atoms with Crippen LogP contribution in [0, 0.1) is 0 Å². The Balaban J connectivity index is 0.0000000977. The number of aromatic nitrogens is 13. The van der Waals surface area contributed by atoms with Gasteiger partial charge in [-0.05, 0) is 182 Å². The highest BCUT2D eigenvalue weighted by molar-refractivity contribution is 6.14. The minimum absolute atomic E-state index is 0.587. The largest absolute Gasteiger partial charge is 0.454 e. The topological polar surface area (TPSA) is 182 Å². The maximum absolute atomic E-state index is 6.52. The van der Waals surface area contributed by atoms with E-state index in [1.807, 2.05) is 66.7 Å². The molecule has 0 atom stereocenters. The van der Waals surface area contributed by atoms with Gasteiger partial charge in [0.2, 0.25) is 17.1 Å². The van der Waals surface area contributed by atoms with Crippen molar-refractivity contribution in [3.05, 3.63) is 457 Å². The van der Waals surface area contributed by atoms with Crippen LogP contribution < -0.4 is 0 Å². The van der Waals surface area contributed by atoms with Crippen molar-refractivity contribution in [2.45, 2.75) is 0 Å². The molecule has 32 aromatic rings. The molecule has 17 aromatic heterocycles. The quantitative estimate of drug-likeness (QED) is 0.154. The van der Waals surface area contributed by atoms with Gasteiger partial charge in [0.25, 0.3) is 0 Å². The normalized spacial score (nSPS) is 12.3. The van der Waals surface area contributed by atoms with E-state index in [1.54, 1.807) is 18.6 Å². The number of fused-ring (bicyclic) bond motifs is 46. The van der Waals surface area contributed by atoms with Crippen LogP contribution in [0.5, 0.6) is 0 Å². The molecule has 15 aromatic carbocycles. The molecule has 35 rings (SSSR count). The molecule has 0 saturated carbocycles. The fourth-order valence-corrected chi connectivity index (χ4v) is 24.0. The van der Waals surface area contributed by atoms with E-state index < -0.39 is 0 Å². The summed E-state index contributed by atoms with van der Waals surface area (Å²) in [7, 11) is 0. The number of benzene rings is 15. The molecule has 0 amide bonds. The first kappa shape index (κ1) is 81.7. The Kier molecular flexibility index (Phi) is 17.1. The van der Waals surface area contributed by atoms with Gasteiger partial charge in [-0.1, -0.05) is 249 Å². The average molecular weight is 1930 g/mol. The van der Waals surface area contributed by atoms with Crippen molar-refractivity contribution in [1.82, 2.24) is 61.1 Å². The Morgan fingerprint density at radius 2 is 0.367 bits per heavy atom. The lowest BCUT2D eigenvalue weighted by Gasteiger charge is -2.18. The van der Waals surface area contributed by atoms with E-state index in [0.29, 0.717) is 28.8 Å². The number of para-hydroxylation sites is 11. The van der Waals surface area contributed by atoms with Crippen LogP contribution in [0.2, 0.25) is 0 Å². The molecule has 0 saturated heterocycles. The van der Waals surface area contributed by atoms with Gasteiger partial charge in [0.1, 0.15) is 5.58 Å². The predicted molar refractivity (Wildman–Crippen MR) is 596 cm³/mol. The first-order valence-corrected chi connectivity index (χ1v) is 50.1. The number of furan rings is 4. The van der Waals surface area contributed by atoms with E-state index >= 15 is 0 Å². The van der Waals surface area contributed by atoms with Crippen LogP contribution >= 0.6 is 0 Å². The van der Waals surface area contributed by atoms with Gasteiger partial charge in [0, 0.05) is 203 Å². The van der Waals surface area contributed by atoms with Gasteiger partial charge in [0.05, 0.1) is 67.2 Å². The highest BCUT2D eigenvalue weighted by atomic mass is 16.4. The fourth-order valence-electron chi connectivity index (χ4n) is 24.0. The molecule has 3 aliphatic rings.